The fraction of sp³-hybridized carbons (Fsp3) is 0.500. The number of amides is 1. The molecule has 5 heteroatoms. The van der Waals surface area contributed by atoms with Gasteiger partial charge < -0.3 is 5.11 Å². The maximum absolute atomic E-state index is 12.1. The van der Waals surface area contributed by atoms with E-state index in [0.29, 0.717) is 0 Å². The zero-order chi connectivity index (χ0) is 14.6. The van der Waals surface area contributed by atoms with Crippen LogP contribution in [0, 0.1) is 0 Å². The average molecular weight is 303 g/mol. The number of carbonyl (C=O) groups excluding carboxylic acids is 1. The second-order valence-electron chi connectivity index (χ2n) is 5.96. The molecule has 1 N–H and O–H groups in total. The zero-order valence-electron chi connectivity index (χ0n) is 12.1. The van der Waals surface area contributed by atoms with E-state index in [9.17, 15) is 9.90 Å². The van der Waals surface area contributed by atoms with Gasteiger partial charge >= 0.3 is 5.72 Å². The van der Waals surface area contributed by atoms with E-state index in [1.807, 2.05) is 24.3 Å². The number of thioether (sulfide) groups is 1. The van der Waals surface area contributed by atoms with Gasteiger partial charge in [-0.1, -0.05) is 12.1 Å². The molecule has 0 bridgehead atoms. The Bertz CT molecular complexity index is 657. The predicted molar refractivity (Wildman–Crippen MR) is 83.5 cm³/mol. The average Bonchev–Trinajstić information content (AvgIpc) is 2.75. The first-order valence-electron chi connectivity index (χ1n) is 7.56. The molecule has 4 nitrogen and oxygen atoms in total. The van der Waals surface area contributed by atoms with Crippen molar-refractivity contribution in [3.63, 3.8) is 0 Å². The van der Waals surface area contributed by atoms with Gasteiger partial charge in [0.15, 0.2) is 5.37 Å². The lowest BCUT2D eigenvalue weighted by atomic mass is 10.0. The zero-order valence-corrected chi connectivity index (χ0v) is 12.9. The van der Waals surface area contributed by atoms with Crippen LogP contribution in [0.3, 0.4) is 0 Å². The molecule has 1 amide bonds. The van der Waals surface area contributed by atoms with E-state index in [4.69, 9.17) is 0 Å². The Balaban J connectivity index is 1.91. The van der Waals surface area contributed by atoms with E-state index in [0.717, 1.165) is 30.6 Å². The first kappa shape index (κ1) is 13.3. The minimum absolute atomic E-state index is 0.00543. The lowest BCUT2D eigenvalue weighted by Crippen LogP contribution is -2.48. The van der Waals surface area contributed by atoms with Crippen molar-refractivity contribution in [2.75, 3.05) is 11.4 Å². The molecule has 2 atom stereocenters. The molecule has 4 rings (SSSR count). The van der Waals surface area contributed by atoms with Gasteiger partial charge in [-0.15, -0.1) is 0 Å². The van der Waals surface area contributed by atoms with Gasteiger partial charge in [0.1, 0.15) is 6.54 Å². The number of carbonyl (C=O) groups is 1. The summed E-state index contributed by atoms with van der Waals surface area (Å²) in [5, 5.41) is 12.5. The number of benzene rings is 1. The Hall–Kier alpha value is -1.33. The largest absolute Gasteiger partial charge is 0.328 e. The van der Waals surface area contributed by atoms with Gasteiger partial charge in [-0.25, -0.2) is 0 Å². The summed E-state index contributed by atoms with van der Waals surface area (Å²) < 4.78 is 2.15. The summed E-state index contributed by atoms with van der Waals surface area (Å²) in [5.41, 5.74) is 0.662. The Morgan fingerprint density at radius 2 is 2.19 bits per heavy atom. The van der Waals surface area contributed by atoms with Crippen molar-refractivity contribution in [3.8, 4) is 0 Å². The van der Waals surface area contributed by atoms with Gasteiger partial charge in [-0.05, 0) is 36.7 Å². The molecule has 0 saturated carbocycles. The third kappa shape index (κ3) is 1.67. The number of nitrogens with zero attached hydrogens (tertiary/aromatic N) is 2. The Morgan fingerprint density at radius 3 is 3.00 bits per heavy atom. The van der Waals surface area contributed by atoms with Gasteiger partial charge in [-0.3, -0.25) is 9.69 Å². The maximum Gasteiger partial charge on any atom is 0.326 e. The van der Waals surface area contributed by atoms with E-state index in [2.05, 4.69) is 4.58 Å². The van der Waals surface area contributed by atoms with Crippen molar-refractivity contribution in [1.82, 2.24) is 0 Å². The topological polar surface area (TPSA) is 43.6 Å². The number of rotatable bonds is 0. The van der Waals surface area contributed by atoms with Crippen LogP contribution in [0.25, 0.3) is 0 Å². The van der Waals surface area contributed by atoms with Crippen LogP contribution in [0.2, 0.25) is 0 Å². The van der Waals surface area contributed by atoms with Crippen LogP contribution in [-0.2, 0) is 10.5 Å². The molecule has 0 fully saturated rings. The van der Waals surface area contributed by atoms with E-state index in [1.54, 1.807) is 23.6 Å². The summed E-state index contributed by atoms with van der Waals surface area (Å²) in [6, 6.07) is 7.76. The lowest BCUT2D eigenvalue weighted by molar-refractivity contribution is -0.661. The van der Waals surface area contributed by atoms with Crippen molar-refractivity contribution in [2.45, 2.75) is 43.7 Å². The minimum atomic E-state index is -1.06. The fourth-order valence-electron chi connectivity index (χ4n) is 3.78. The number of hydrogen-bond donors (Lipinski definition) is 1. The number of fused-ring (bicyclic) bond motifs is 4. The smallest absolute Gasteiger partial charge is 0.326 e. The maximum atomic E-state index is 12.1. The molecule has 1 aromatic rings. The molecule has 1 aromatic carbocycles. The molecule has 3 heterocycles. The van der Waals surface area contributed by atoms with Gasteiger partial charge in [0.2, 0.25) is 11.0 Å². The van der Waals surface area contributed by atoms with E-state index in [-0.39, 0.29) is 11.3 Å². The quantitative estimate of drug-likeness (QED) is 0.748. The molecule has 0 saturated heterocycles. The summed E-state index contributed by atoms with van der Waals surface area (Å²) in [6.45, 7) is 2.45. The molecule has 21 heavy (non-hydrogen) atoms. The predicted octanol–water partition coefficient (Wildman–Crippen LogP) is 2.26. The molecule has 3 aliphatic heterocycles. The summed E-state index contributed by atoms with van der Waals surface area (Å²) in [5.74, 6) is -0.00543. The summed E-state index contributed by atoms with van der Waals surface area (Å²) in [4.78, 5) is 13.9. The van der Waals surface area contributed by atoms with E-state index >= 15 is 0 Å². The van der Waals surface area contributed by atoms with Crippen LogP contribution in [0.5, 0.6) is 0 Å². The molecule has 0 aliphatic carbocycles. The second-order valence-corrected chi connectivity index (χ2v) is 7.11. The van der Waals surface area contributed by atoms with E-state index < -0.39 is 5.72 Å². The molecule has 0 aromatic heterocycles. The van der Waals surface area contributed by atoms with Crippen LogP contribution in [0.4, 0.5) is 5.69 Å². The highest BCUT2D eigenvalue weighted by atomic mass is 32.2. The molecule has 110 valence electrons. The van der Waals surface area contributed by atoms with Crippen molar-refractivity contribution in [2.24, 2.45) is 0 Å². The summed E-state index contributed by atoms with van der Waals surface area (Å²) in [6.07, 6.45) is 4.49. The highest BCUT2D eigenvalue weighted by Gasteiger charge is 2.65. The fourth-order valence-corrected chi connectivity index (χ4v) is 5.44. The van der Waals surface area contributed by atoms with Crippen LogP contribution < -0.4 is 4.90 Å². The van der Waals surface area contributed by atoms with Gasteiger partial charge in [0, 0.05) is 19.8 Å². The first-order chi connectivity index (χ1) is 10.1. The Kier molecular flexibility index (Phi) is 2.91. The number of para-hydroxylation sites is 1. The van der Waals surface area contributed by atoms with Crippen molar-refractivity contribution in [1.29, 1.82) is 0 Å². The molecule has 0 spiro atoms. The molecule has 0 unspecified atom stereocenters. The van der Waals surface area contributed by atoms with Gasteiger partial charge in [-0.2, -0.15) is 4.58 Å². The van der Waals surface area contributed by atoms with Gasteiger partial charge in [0.05, 0.1) is 11.3 Å². The lowest BCUT2D eigenvalue weighted by Gasteiger charge is -2.24. The Morgan fingerprint density at radius 1 is 1.38 bits per heavy atom. The SMILES string of the molecule is CC(=O)N1c2ccccc2[C@@]2(O)[C@H]1SC1=[N+]2CCCCC1. The van der Waals surface area contributed by atoms with Gasteiger partial charge in [0.25, 0.3) is 0 Å². The van der Waals surface area contributed by atoms with Crippen LogP contribution in [0.15, 0.2) is 24.3 Å². The monoisotopic (exact) mass is 303 g/mol. The highest BCUT2D eigenvalue weighted by Crippen LogP contribution is 2.53. The summed E-state index contributed by atoms with van der Waals surface area (Å²) >= 11 is 1.67. The first-order valence-corrected chi connectivity index (χ1v) is 8.44. The molecule has 0 radical (unpaired) electrons. The van der Waals surface area contributed by atoms with Crippen LogP contribution >= 0.6 is 11.8 Å². The number of anilines is 1. The molecular formula is C16H19N2O2S+. The van der Waals surface area contributed by atoms with Crippen molar-refractivity contribution < 1.29 is 14.5 Å². The van der Waals surface area contributed by atoms with Crippen LogP contribution in [0.1, 0.15) is 38.2 Å². The van der Waals surface area contributed by atoms with Crippen molar-refractivity contribution >= 4 is 28.4 Å². The van der Waals surface area contributed by atoms with Crippen molar-refractivity contribution in [3.05, 3.63) is 29.8 Å². The normalized spacial score (nSPS) is 30.8. The van der Waals surface area contributed by atoms with Crippen LogP contribution in [-0.4, -0.2) is 32.6 Å². The Labute approximate surface area is 128 Å². The number of hydrogen-bond acceptors (Lipinski definition) is 3. The van der Waals surface area contributed by atoms with E-state index in [1.165, 1.54) is 17.9 Å². The summed E-state index contributed by atoms with van der Waals surface area (Å²) in [7, 11) is 0. The highest BCUT2D eigenvalue weighted by molar-refractivity contribution is 8.14. The molecular weight excluding hydrogens is 284 g/mol. The minimum Gasteiger partial charge on any atom is -0.328 e. The second kappa shape index (κ2) is 4.58. The third-order valence-electron chi connectivity index (χ3n) is 4.71. The molecule has 3 aliphatic rings. The standard InChI is InChI=1S/C16H19N2O2S/c1-11(19)18-13-8-5-4-7-12(13)16(20)15(18)21-14-9-3-2-6-10-17(14)16/h4-5,7-8,15,20H,2-3,6,9-10H2,1H3/q+1/t15-,16-/m1/s1. The third-order valence-corrected chi connectivity index (χ3v) is 6.17. The number of aliphatic hydroxyl groups is 1.